The topological polar surface area (TPSA) is 70.7 Å². The third-order valence-corrected chi connectivity index (χ3v) is 4.12. The molecule has 0 radical (unpaired) electrons. The average molecular weight is 319 g/mol. The van der Waals surface area contributed by atoms with Crippen LogP contribution in [-0.4, -0.2) is 49.7 Å². The Morgan fingerprint density at radius 1 is 1.39 bits per heavy atom. The Hall–Kier alpha value is -1.92. The van der Waals surface area contributed by atoms with Crippen LogP contribution >= 0.6 is 0 Å². The second-order valence-electron chi connectivity index (χ2n) is 5.97. The number of nitrogens with zero attached hydrogens (tertiary/aromatic N) is 1. The van der Waals surface area contributed by atoms with Crippen molar-refractivity contribution < 1.29 is 14.3 Å². The van der Waals surface area contributed by atoms with Gasteiger partial charge in [0, 0.05) is 19.7 Å². The van der Waals surface area contributed by atoms with E-state index < -0.39 is 6.03 Å². The SMILES string of the molecule is COC[C@@H](C)NC(=O)NC(=O)CN1CCc2ccccc2[C@H]1C. The van der Waals surface area contributed by atoms with Gasteiger partial charge in [-0.2, -0.15) is 0 Å². The molecule has 126 valence electrons. The number of carbonyl (C=O) groups is 2. The summed E-state index contributed by atoms with van der Waals surface area (Å²) in [5, 5.41) is 5.04. The highest BCUT2D eigenvalue weighted by atomic mass is 16.5. The fourth-order valence-electron chi connectivity index (χ4n) is 2.94. The van der Waals surface area contributed by atoms with Crippen molar-refractivity contribution in [2.75, 3.05) is 26.8 Å². The monoisotopic (exact) mass is 319 g/mol. The van der Waals surface area contributed by atoms with E-state index in [1.165, 1.54) is 11.1 Å². The first-order valence-electron chi connectivity index (χ1n) is 7.92. The zero-order valence-electron chi connectivity index (χ0n) is 14.0. The summed E-state index contributed by atoms with van der Waals surface area (Å²) in [7, 11) is 1.57. The zero-order valence-corrected chi connectivity index (χ0v) is 14.0. The maximum Gasteiger partial charge on any atom is 0.321 e. The molecule has 2 rings (SSSR count). The van der Waals surface area contributed by atoms with Crippen LogP contribution in [0.5, 0.6) is 0 Å². The molecular formula is C17H25N3O3. The van der Waals surface area contributed by atoms with E-state index in [0.29, 0.717) is 6.61 Å². The molecule has 1 aromatic carbocycles. The summed E-state index contributed by atoms with van der Waals surface area (Å²) in [4.78, 5) is 25.9. The van der Waals surface area contributed by atoms with Crippen molar-refractivity contribution in [3.8, 4) is 0 Å². The summed E-state index contributed by atoms with van der Waals surface area (Å²) in [6.07, 6.45) is 0.921. The molecule has 0 spiro atoms. The molecule has 0 bridgehead atoms. The molecule has 0 fully saturated rings. The Bertz CT molecular complexity index is 562. The van der Waals surface area contributed by atoms with Crippen molar-refractivity contribution >= 4 is 11.9 Å². The molecule has 1 heterocycles. The first-order chi connectivity index (χ1) is 11.0. The van der Waals surface area contributed by atoms with E-state index in [4.69, 9.17) is 4.74 Å². The number of imide groups is 1. The highest BCUT2D eigenvalue weighted by Gasteiger charge is 2.25. The second-order valence-corrected chi connectivity index (χ2v) is 5.97. The molecule has 23 heavy (non-hydrogen) atoms. The fourth-order valence-corrected chi connectivity index (χ4v) is 2.94. The number of ether oxygens (including phenoxy) is 1. The number of benzene rings is 1. The Morgan fingerprint density at radius 2 is 2.13 bits per heavy atom. The number of nitrogens with one attached hydrogen (secondary N) is 2. The quantitative estimate of drug-likeness (QED) is 0.862. The van der Waals surface area contributed by atoms with Crippen molar-refractivity contribution in [3.63, 3.8) is 0 Å². The highest BCUT2D eigenvalue weighted by Crippen LogP contribution is 2.28. The van der Waals surface area contributed by atoms with Crippen LogP contribution in [0.2, 0.25) is 0 Å². The number of rotatable bonds is 5. The van der Waals surface area contributed by atoms with Gasteiger partial charge in [-0.05, 0) is 31.4 Å². The van der Waals surface area contributed by atoms with E-state index >= 15 is 0 Å². The van der Waals surface area contributed by atoms with Crippen molar-refractivity contribution in [1.29, 1.82) is 0 Å². The number of methoxy groups -OCH3 is 1. The lowest BCUT2D eigenvalue weighted by molar-refractivity contribution is -0.121. The van der Waals surface area contributed by atoms with E-state index in [2.05, 4.69) is 34.6 Å². The van der Waals surface area contributed by atoms with Gasteiger partial charge in [0.25, 0.3) is 0 Å². The smallest absolute Gasteiger partial charge is 0.321 e. The maximum absolute atomic E-state index is 12.1. The lowest BCUT2D eigenvalue weighted by atomic mass is 9.94. The number of amides is 3. The molecule has 0 aromatic heterocycles. The summed E-state index contributed by atoms with van der Waals surface area (Å²) in [5.41, 5.74) is 2.59. The van der Waals surface area contributed by atoms with Crippen LogP contribution in [0.25, 0.3) is 0 Å². The van der Waals surface area contributed by atoms with Gasteiger partial charge in [-0.1, -0.05) is 24.3 Å². The lowest BCUT2D eigenvalue weighted by Gasteiger charge is -2.34. The molecule has 2 N–H and O–H groups in total. The molecule has 0 saturated heterocycles. The van der Waals surface area contributed by atoms with Gasteiger partial charge >= 0.3 is 6.03 Å². The van der Waals surface area contributed by atoms with Gasteiger partial charge in [0.2, 0.25) is 5.91 Å². The molecule has 2 atom stereocenters. The normalized spacial score (nSPS) is 18.8. The predicted octanol–water partition coefficient (Wildman–Crippen LogP) is 1.47. The van der Waals surface area contributed by atoms with Crippen LogP contribution in [0, 0.1) is 0 Å². The van der Waals surface area contributed by atoms with Crippen LogP contribution in [-0.2, 0) is 16.0 Å². The predicted molar refractivity (Wildman–Crippen MR) is 88.1 cm³/mol. The van der Waals surface area contributed by atoms with Gasteiger partial charge in [0.15, 0.2) is 0 Å². The molecule has 0 unspecified atom stereocenters. The van der Waals surface area contributed by atoms with Gasteiger partial charge in [0.05, 0.1) is 19.2 Å². The van der Waals surface area contributed by atoms with Crippen LogP contribution in [0.1, 0.15) is 31.0 Å². The Labute approximate surface area is 137 Å². The molecular weight excluding hydrogens is 294 g/mol. The molecule has 3 amide bonds. The van der Waals surface area contributed by atoms with Gasteiger partial charge in [0.1, 0.15) is 0 Å². The maximum atomic E-state index is 12.1. The number of urea groups is 1. The van der Waals surface area contributed by atoms with Crippen LogP contribution in [0.3, 0.4) is 0 Å². The number of carbonyl (C=O) groups excluding carboxylic acids is 2. The summed E-state index contributed by atoms with van der Waals surface area (Å²) < 4.78 is 4.94. The number of hydrogen-bond donors (Lipinski definition) is 2. The van der Waals surface area contributed by atoms with Crippen LogP contribution in [0.4, 0.5) is 4.79 Å². The molecule has 6 nitrogen and oxygen atoms in total. The van der Waals surface area contributed by atoms with Crippen molar-refractivity contribution in [2.24, 2.45) is 0 Å². The first-order valence-corrected chi connectivity index (χ1v) is 7.92. The molecule has 0 aliphatic carbocycles. The summed E-state index contributed by atoms with van der Waals surface area (Å²) in [6.45, 7) is 5.33. The van der Waals surface area contributed by atoms with Crippen molar-refractivity contribution in [1.82, 2.24) is 15.5 Å². The molecule has 1 aromatic rings. The minimum absolute atomic E-state index is 0.145. The van der Waals surface area contributed by atoms with Gasteiger partial charge < -0.3 is 10.1 Å². The number of hydrogen-bond acceptors (Lipinski definition) is 4. The highest BCUT2D eigenvalue weighted by molar-refractivity contribution is 5.95. The zero-order chi connectivity index (χ0) is 16.8. The minimum Gasteiger partial charge on any atom is -0.383 e. The molecule has 1 aliphatic rings. The van der Waals surface area contributed by atoms with Crippen molar-refractivity contribution in [3.05, 3.63) is 35.4 Å². The molecule has 6 heteroatoms. The van der Waals surface area contributed by atoms with Crippen molar-refractivity contribution in [2.45, 2.75) is 32.4 Å². The third kappa shape index (κ3) is 4.77. The number of fused-ring (bicyclic) bond motifs is 1. The minimum atomic E-state index is -0.482. The Kier molecular flexibility index (Phi) is 6.12. The largest absolute Gasteiger partial charge is 0.383 e. The van der Waals surface area contributed by atoms with E-state index in [-0.39, 0.29) is 24.5 Å². The molecule has 0 saturated carbocycles. The Balaban J connectivity index is 1.85. The van der Waals surface area contributed by atoms with Crippen LogP contribution < -0.4 is 10.6 Å². The van der Waals surface area contributed by atoms with E-state index in [1.807, 2.05) is 19.1 Å². The first kappa shape index (κ1) is 17.4. The lowest BCUT2D eigenvalue weighted by Crippen LogP contribution is -2.49. The third-order valence-electron chi connectivity index (χ3n) is 4.12. The van der Waals surface area contributed by atoms with E-state index in [0.717, 1.165) is 13.0 Å². The van der Waals surface area contributed by atoms with E-state index in [1.54, 1.807) is 7.11 Å². The van der Waals surface area contributed by atoms with E-state index in [9.17, 15) is 9.59 Å². The average Bonchev–Trinajstić information content (AvgIpc) is 2.50. The van der Waals surface area contributed by atoms with Crippen LogP contribution in [0.15, 0.2) is 24.3 Å². The summed E-state index contributed by atoms with van der Waals surface area (Å²) in [6, 6.07) is 7.83. The second kappa shape index (κ2) is 8.08. The van der Waals surface area contributed by atoms with Gasteiger partial charge in [-0.15, -0.1) is 0 Å². The Morgan fingerprint density at radius 3 is 2.87 bits per heavy atom. The molecule has 1 aliphatic heterocycles. The standard InChI is InChI=1S/C17H25N3O3/c1-12(11-23-3)18-17(22)19-16(21)10-20-9-8-14-6-4-5-7-15(14)13(20)2/h4-7,12-13H,8-11H2,1-3H3,(H2,18,19,21,22)/t12-,13-/m1/s1. The van der Waals surface area contributed by atoms with Gasteiger partial charge in [-0.25, -0.2) is 4.79 Å². The summed E-state index contributed by atoms with van der Waals surface area (Å²) >= 11 is 0. The fraction of sp³-hybridized carbons (Fsp3) is 0.529. The summed E-state index contributed by atoms with van der Waals surface area (Å²) in [5.74, 6) is -0.293. The van der Waals surface area contributed by atoms with Gasteiger partial charge in [-0.3, -0.25) is 15.0 Å².